The predicted molar refractivity (Wildman–Crippen MR) is 108 cm³/mol. The normalized spacial score (nSPS) is 15.9. The van der Waals surface area contributed by atoms with Crippen molar-refractivity contribution < 1.29 is 17.9 Å². The molecular formula is C20H25N3O4S. The van der Waals surface area contributed by atoms with Crippen molar-refractivity contribution in [1.29, 1.82) is 0 Å². The van der Waals surface area contributed by atoms with Gasteiger partial charge in [-0.2, -0.15) is 4.31 Å². The number of likely N-dealkylation sites (N-methyl/N-ethyl adjacent to an activating group) is 1. The Morgan fingerprint density at radius 3 is 2.18 bits per heavy atom. The first-order valence-corrected chi connectivity index (χ1v) is 10.7. The highest BCUT2D eigenvalue weighted by atomic mass is 32.2. The van der Waals surface area contributed by atoms with Crippen LogP contribution in [0.4, 0.5) is 5.69 Å². The third-order valence-electron chi connectivity index (χ3n) is 4.64. The average molecular weight is 404 g/mol. The molecule has 8 heteroatoms. The van der Waals surface area contributed by atoms with E-state index in [-0.39, 0.29) is 10.8 Å². The van der Waals surface area contributed by atoms with Gasteiger partial charge in [-0.15, -0.1) is 0 Å². The minimum atomic E-state index is -3.54. The predicted octanol–water partition coefficient (Wildman–Crippen LogP) is 2.27. The van der Waals surface area contributed by atoms with E-state index in [1.54, 1.807) is 24.3 Å². The average Bonchev–Trinajstić information content (AvgIpc) is 2.70. The van der Waals surface area contributed by atoms with Crippen molar-refractivity contribution in [3.8, 4) is 5.75 Å². The molecule has 1 saturated heterocycles. The lowest BCUT2D eigenvalue weighted by Crippen LogP contribution is -2.47. The number of amides is 1. The van der Waals surface area contributed by atoms with Crippen molar-refractivity contribution in [3.63, 3.8) is 0 Å². The molecule has 0 bridgehead atoms. The number of anilines is 1. The Morgan fingerprint density at radius 2 is 1.61 bits per heavy atom. The molecule has 1 heterocycles. The van der Waals surface area contributed by atoms with Crippen molar-refractivity contribution >= 4 is 21.6 Å². The monoisotopic (exact) mass is 403 g/mol. The van der Waals surface area contributed by atoms with Gasteiger partial charge < -0.3 is 15.0 Å². The fourth-order valence-electron chi connectivity index (χ4n) is 2.96. The zero-order chi connectivity index (χ0) is 20.1. The van der Waals surface area contributed by atoms with Gasteiger partial charge in [-0.05, 0) is 62.5 Å². The molecule has 0 saturated carbocycles. The van der Waals surface area contributed by atoms with Crippen molar-refractivity contribution in [2.45, 2.75) is 11.8 Å². The van der Waals surface area contributed by atoms with E-state index in [4.69, 9.17) is 4.74 Å². The highest BCUT2D eigenvalue weighted by Crippen LogP contribution is 2.20. The van der Waals surface area contributed by atoms with E-state index in [0.29, 0.717) is 44.0 Å². The molecule has 0 radical (unpaired) electrons. The lowest BCUT2D eigenvalue weighted by molar-refractivity contribution is 0.102. The van der Waals surface area contributed by atoms with Gasteiger partial charge in [0.25, 0.3) is 5.91 Å². The van der Waals surface area contributed by atoms with Gasteiger partial charge in [-0.3, -0.25) is 4.79 Å². The number of nitrogens with one attached hydrogen (secondary N) is 1. The highest BCUT2D eigenvalue weighted by Gasteiger charge is 2.27. The van der Waals surface area contributed by atoms with Crippen LogP contribution in [0.2, 0.25) is 0 Å². The van der Waals surface area contributed by atoms with E-state index in [1.165, 1.54) is 28.6 Å². The number of rotatable bonds is 6. The molecular weight excluding hydrogens is 378 g/mol. The molecule has 0 aromatic heterocycles. The molecule has 1 N–H and O–H groups in total. The Morgan fingerprint density at radius 1 is 1.00 bits per heavy atom. The van der Waals surface area contributed by atoms with Crippen LogP contribution in [0.15, 0.2) is 53.4 Å². The Balaban J connectivity index is 1.67. The van der Waals surface area contributed by atoms with Crippen LogP contribution < -0.4 is 10.1 Å². The van der Waals surface area contributed by atoms with E-state index in [1.807, 2.05) is 14.0 Å². The zero-order valence-corrected chi connectivity index (χ0v) is 16.9. The van der Waals surface area contributed by atoms with E-state index in [0.717, 1.165) is 5.75 Å². The van der Waals surface area contributed by atoms with Gasteiger partial charge in [0.15, 0.2) is 0 Å². The molecule has 7 nitrogen and oxygen atoms in total. The largest absolute Gasteiger partial charge is 0.494 e. The molecule has 1 fully saturated rings. The second kappa shape index (κ2) is 8.72. The molecule has 150 valence electrons. The summed E-state index contributed by atoms with van der Waals surface area (Å²) < 4.78 is 32.4. The molecule has 1 aliphatic rings. The summed E-state index contributed by atoms with van der Waals surface area (Å²) in [5.74, 6) is 0.437. The number of hydrogen-bond donors (Lipinski definition) is 1. The lowest BCUT2D eigenvalue weighted by atomic mass is 10.2. The number of carbonyl (C=O) groups is 1. The third-order valence-corrected chi connectivity index (χ3v) is 6.55. The van der Waals surface area contributed by atoms with Crippen LogP contribution in [0, 0.1) is 0 Å². The third kappa shape index (κ3) is 4.70. The maximum Gasteiger partial charge on any atom is 0.255 e. The molecule has 1 amide bonds. The molecule has 2 aromatic carbocycles. The Hall–Kier alpha value is -2.42. The number of ether oxygens (including phenoxy) is 1. The SMILES string of the molecule is CCOc1ccc(NC(=O)c2ccc(S(=O)(=O)N3CCN(C)CC3)cc2)cc1. The standard InChI is InChI=1S/C20H25N3O4S/c1-3-27-18-8-6-17(7-9-18)21-20(24)16-4-10-19(11-5-16)28(25,26)23-14-12-22(2)13-15-23/h4-11H,3,12-15H2,1-2H3,(H,21,24). The second-order valence-corrected chi connectivity index (χ2v) is 8.58. The first-order chi connectivity index (χ1) is 13.4. The van der Waals surface area contributed by atoms with Gasteiger partial charge in [0, 0.05) is 37.4 Å². The van der Waals surface area contributed by atoms with Gasteiger partial charge in [-0.25, -0.2) is 8.42 Å². The van der Waals surface area contributed by atoms with Crippen LogP contribution in [-0.2, 0) is 10.0 Å². The van der Waals surface area contributed by atoms with Crippen LogP contribution in [-0.4, -0.2) is 63.4 Å². The zero-order valence-electron chi connectivity index (χ0n) is 16.1. The number of piperazine rings is 1. The topological polar surface area (TPSA) is 78.9 Å². The van der Waals surface area contributed by atoms with Gasteiger partial charge >= 0.3 is 0 Å². The van der Waals surface area contributed by atoms with Crippen LogP contribution in [0.25, 0.3) is 0 Å². The van der Waals surface area contributed by atoms with Crippen LogP contribution in [0.1, 0.15) is 17.3 Å². The van der Waals surface area contributed by atoms with Crippen LogP contribution in [0.3, 0.4) is 0 Å². The Labute approximate surface area is 166 Å². The van der Waals surface area contributed by atoms with Crippen molar-refractivity contribution in [2.75, 3.05) is 45.2 Å². The number of sulfonamides is 1. The quantitative estimate of drug-likeness (QED) is 0.801. The van der Waals surface area contributed by atoms with Crippen molar-refractivity contribution in [3.05, 3.63) is 54.1 Å². The van der Waals surface area contributed by atoms with E-state index < -0.39 is 10.0 Å². The summed E-state index contributed by atoms with van der Waals surface area (Å²) in [7, 11) is -1.56. The maximum atomic E-state index is 12.7. The number of nitrogens with zero attached hydrogens (tertiary/aromatic N) is 2. The van der Waals surface area contributed by atoms with Crippen LogP contribution in [0.5, 0.6) is 5.75 Å². The van der Waals surface area contributed by atoms with Crippen molar-refractivity contribution in [2.24, 2.45) is 0 Å². The molecule has 0 unspecified atom stereocenters. The summed E-state index contributed by atoms with van der Waals surface area (Å²) in [5, 5.41) is 2.79. The molecule has 3 rings (SSSR count). The molecule has 0 spiro atoms. The molecule has 1 aliphatic heterocycles. The molecule has 0 atom stereocenters. The van der Waals surface area contributed by atoms with Gasteiger partial charge in [0.2, 0.25) is 10.0 Å². The van der Waals surface area contributed by atoms with Crippen molar-refractivity contribution in [1.82, 2.24) is 9.21 Å². The van der Waals surface area contributed by atoms with E-state index >= 15 is 0 Å². The van der Waals surface area contributed by atoms with Gasteiger partial charge in [0.05, 0.1) is 11.5 Å². The number of carbonyl (C=O) groups excluding carboxylic acids is 1. The molecule has 2 aromatic rings. The summed E-state index contributed by atoms with van der Waals surface area (Å²) in [5.41, 5.74) is 1.04. The summed E-state index contributed by atoms with van der Waals surface area (Å²) >= 11 is 0. The first kappa shape index (κ1) is 20.3. The van der Waals surface area contributed by atoms with Gasteiger partial charge in [-0.1, -0.05) is 0 Å². The Kier molecular flexibility index (Phi) is 6.33. The Bertz CT molecular complexity index is 903. The molecule has 0 aliphatic carbocycles. The van der Waals surface area contributed by atoms with Crippen LogP contribution >= 0.6 is 0 Å². The lowest BCUT2D eigenvalue weighted by Gasteiger charge is -2.31. The maximum absolute atomic E-state index is 12.7. The summed E-state index contributed by atoms with van der Waals surface area (Å²) in [4.78, 5) is 14.7. The summed E-state index contributed by atoms with van der Waals surface area (Å²) in [6, 6.07) is 13.1. The minimum absolute atomic E-state index is 0.203. The summed E-state index contributed by atoms with van der Waals surface area (Å²) in [6.07, 6.45) is 0. The van der Waals surface area contributed by atoms with Gasteiger partial charge in [0.1, 0.15) is 5.75 Å². The summed E-state index contributed by atoms with van der Waals surface area (Å²) in [6.45, 7) is 4.85. The minimum Gasteiger partial charge on any atom is -0.494 e. The molecule has 28 heavy (non-hydrogen) atoms. The second-order valence-electron chi connectivity index (χ2n) is 6.64. The number of benzene rings is 2. The first-order valence-electron chi connectivity index (χ1n) is 9.23. The fraction of sp³-hybridized carbons (Fsp3) is 0.350. The van der Waals surface area contributed by atoms with E-state index in [2.05, 4.69) is 10.2 Å². The number of hydrogen-bond acceptors (Lipinski definition) is 5. The smallest absolute Gasteiger partial charge is 0.255 e. The highest BCUT2D eigenvalue weighted by molar-refractivity contribution is 7.89. The van der Waals surface area contributed by atoms with E-state index in [9.17, 15) is 13.2 Å². The fourth-order valence-corrected chi connectivity index (χ4v) is 4.38.